The van der Waals surface area contributed by atoms with Crippen molar-refractivity contribution in [3.05, 3.63) is 70.8 Å². The number of fused-ring (bicyclic) bond motifs is 1. The maximum absolute atomic E-state index is 11.8. The molecule has 1 aliphatic rings. The number of carbonyl (C=O) groups is 1. The molecule has 0 atom stereocenters. The normalized spacial score (nSPS) is 16.0. The van der Waals surface area contributed by atoms with Crippen LogP contribution in [0.2, 0.25) is 0 Å². The van der Waals surface area contributed by atoms with E-state index in [9.17, 15) is 4.79 Å². The molecule has 0 saturated heterocycles. The molecule has 19 heavy (non-hydrogen) atoms. The molecule has 0 spiro atoms. The van der Waals surface area contributed by atoms with Gasteiger partial charge in [-0.3, -0.25) is 0 Å². The van der Waals surface area contributed by atoms with Gasteiger partial charge in [-0.1, -0.05) is 48.0 Å². The lowest BCUT2D eigenvalue weighted by Crippen LogP contribution is -1.92. The molecule has 0 N–H and O–H groups in total. The van der Waals surface area contributed by atoms with E-state index in [0.29, 0.717) is 11.3 Å². The van der Waals surface area contributed by atoms with Crippen molar-refractivity contribution in [2.75, 3.05) is 0 Å². The fraction of sp³-hybridized carbons (Fsp3) is 0.0625. The molecule has 0 bridgehead atoms. The minimum Gasteiger partial charge on any atom is -0.421 e. The summed E-state index contributed by atoms with van der Waals surface area (Å²) in [6.07, 6.45) is 0. The van der Waals surface area contributed by atoms with Gasteiger partial charge in [-0.2, -0.15) is 0 Å². The Morgan fingerprint density at radius 1 is 1.05 bits per heavy atom. The monoisotopic (exact) mass is 314 g/mol. The first kappa shape index (κ1) is 12.2. The van der Waals surface area contributed by atoms with Crippen molar-refractivity contribution in [1.82, 2.24) is 0 Å². The first-order valence-electron chi connectivity index (χ1n) is 5.95. The summed E-state index contributed by atoms with van der Waals surface area (Å²) in [7, 11) is 0. The quantitative estimate of drug-likeness (QED) is 0.730. The minimum atomic E-state index is -0.296. The number of carbonyl (C=O) groups excluding carboxylic acids is 1. The number of ether oxygens (including phenoxy) is 1. The highest BCUT2D eigenvalue weighted by Gasteiger charge is 2.28. The van der Waals surface area contributed by atoms with Gasteiger partial charge in [0.05, 0.1) is 10.0 Å². The van der Waals surface area contributed by atoms with Crippen LogP contribution in [0.5, 0.6) is 0 Å². The Morgan fingerprint density at radius 2 is 1.79 bits per heavy atom. The number of hydrogen-bond donors (Lipinski definition) is 0. The third kappa shape index (κ3) is 2.10. The van der Waals surface area contributed by atoms with Crippen molar-refractivity contribution >= 4 is 32.1 Å². The Hall–Kier alpha value is -1.87. The van der Waals surface area contributed by atoms with Crippen LogP contribution in [0, 0.1) is 6.92 Å². The molecule has 2 aromatic rings. The number of benzene rings is 2. The fourth-order valence-electron chi connectivity index (χ4n) is 2.14. The average molecular weight is 315 g/mol. The van der Waals surface area contributed by atoms with Gasteiger partial charge in [0.2, 0.25) is 0 Å². The van der Waals surface area contributed by atoms with Gasteiger partial charge in [-0.15, -0.1) is 0 Å². The zero-order chi connectivity index (χ0) is 13.4. The molecule has 0 saturated carbocycles. The number of aryl methyl sites for hydroxylation is 1. The van der Waals surface area contributed by atoms with E-state index in [4.69, 9.17) is 4.74 Å². The summed E-state index contributed by atoms with van der Waals surface area (Å²) >= 11 is 3.55. The molecule has 3 heteroatoms. The van der Waals surface area contributed by atoms with Gasteiger partial charge in [-0.05, 0) is 34.5 Å². The summed E-state index contributed by atoms with van der Waals surface area (Å²) in [6, 6.07) is 15.5. The molecule has 1 heterocycles. The van der Waals surface area contributed by atoms with Gasteiger partial charge in [0, 0.05) is 5.56 Å². The lowest BCUT2D eigenvalue weighted by molar-refractivity contribution is 0.0717. The molecule has 0 amide bonds. The summed E-state index contributed by atoms with van der Waals surface area (Å²) < 4.78 is 6.18. The number of hydrogen-bond acceptors (Lipinski definition) is 2. The number of rotatable bonds is 1. The number of esters is 1. The summed E-state index contributed by atoms with van der Waals surface area (Å²) in [6.45, 7) is 2.03. The molecule has 0 unspecified atom stereocenters. The van der Waals surface area contributed by atoms with Gasteiger partial charge in [-0.25, -0.2) is 4.79 Å². The van der Waals surface area contributed by atoms with E-state index in [-0.39, 0.29) is 5.97 Å². The van der Waals surface area contributed by atoms with Crippen molar-refractivity contribution in [3.63, 3.8) is 0 Å². The topological polar surface area (TPSA) is 26.3 Å². The Morgan fingerprint density at radius 3 is 2.53 bits per heavy atom. The predicted octanol–water partition coefficient (Wildman–Crippen LogP) is 4.39. The molecule has 2 aromatic carbocycles. The molecule has 0 aromatic heterocycles. The van der Waals surface area contributed by atoms with Crippen molar-refractivity contribution in [3.8, 4) is 0 Å². The molecule has 3 rings (SSSR count). The maximum Gasteiger partial charge on any atom is 0.344 e. The van der Waals surface area contributed by atoms with E-state index >= 15 is 0 Å². The van der Waals surface area contributed by atoms with Crippen LogP contribution in [-0.2, 0) is 4.74 Å². The SMILES string of the molecule is Cc1cccc(/C(Br)=C2/OC(=O)c3ccccc32)c1. The smallest absolute Gasteiger partial charge is 0.344 e. The van der Waals surface area contributed by atoms with Gasteiger partial charge < -0.3 is 4.74 Å². The zero-order valence-corrected chi connectivity index (χ0v) is 11.9. The highest BCUT2D eigenvalue weighted by molar-refractivity contribution is 9.15. The Balaban J connectivity index is 2.17. The van der Waals surface area contributed by atoms with E-state index in [0.717, 1.165) is 21.2 Å². The van der Waals surface area contributed by atoms with Gasteiger partial charge in [0.15, 0.2) is 5.76 Å². The van der Waals surface area contributed by atoms with Gasteiger partial charge in [0.1, 0.15) is 0 Å². The summed E-state index contributed by atoms with van der Waals surface area (Å²) in [4.78, 5) is 11.8. The average Bonchev–Trinajstić information content (AvgIpc) is 2.76. The molecular weight excluding hydrogens is 304 g/mol. The molecule has 0 radical (unpaired) electrons. The maximum atomic E-state index is 11.8. The zero-order valence-electron chi connectivity index (χ0n) is 10.3. The minimum absolute atomic E-state index is 0.296. The highest BCUT2D eigenvalue weighted by atomic mass is 79.9. The Labute approximate surface area is 119 Å². The highest BCUT2D eigenvalue weighted by Crippen LogP contribution is 2.38. The van der Waals surface area contributed by atoms with Crippen LogP contribution in [0.25, 0.3) is 10.2 Å². The van der Waals surface area contributed by atoms with Crippen LogP contribution < -0.4 is 0 Å². The van der Waals surface area contributed by atoms with Crippen molar-refractivity contribution in [2.24, 2.45) is 0 Å². The largest absolute Gasteiger partial charge is 0.421 e. The molecular formula is C16H11BrO2. The second kappa shape index (κ2) is 4.67. The predicted molar refractivity (Wildman–Crippen MR) is 78.8 cm³/mol. The molecule has 2 nitrogen and oxygen atoms in total. The van der Waals surface area contributed by atoms with Crippen molar-refractivity contribution < 1.29 is 9.53 Å². The second-order valence-electron chi connectivity index (χ2n) is 4.45. The van der Waals surface area contributed by atoms with E-state index in [1.807, 2.05) is 49.4 Å². The van der Waals surface area contributed by atoms with Crippen LogP contribution in [0.15, 0.2) is 48.5 Å². The summed E-state index contributed by atoms with van der Waals surface area (Å²) in [5.41, 5.74) is 3.61. The molecule has 1 aliphatic heterocycles. The molecule has 0 aliphatic carbocycles. The van der Waals surface area contributed by atoms with E-state index in [2.05, 4.69) is 15.9 Å². The Bertz CT molecular complexity index is 701. The van der Waals surface area contributed by atoms with Gasteiger partial charge in [0.25, 0.3) is 0 Å². The van der Waals surface area contributed by atoms with Crippen LogP contribution >= 0.6 is 15.9 Å². The lowest BCUT2D eigenvalue weighted by Gasteiger charge is -2.05. The first-order valence-corrected chi connectivity index (χ1v) is 6.74. The molecule has 0 fully saturated rings. The van der Waals surface area contributed by atoms with Crippen molar-refractivity contribution in [2.45, 2.75) is 6.92 Å². The van der Waals surface area contributed by atoms with Crippen LogP contribution in [0.1, 0.15) is 27.0 Å². The third-order valence-corrected chi connectivity index (χ3v) is 3.88. The fourth-order valence-corrected chi connectivity index (χ4v) is 2.68. The second-order valence-corrected chi connectivity index (χ2v) is 5.24. The Kier molecular flexibility index (Phi) is 2.99. The van der Waals surface area contributed by atoms with Crippen LogP contribution in [0.3, 0.4) is 0 Å². The molecule has 94 valence electrons. The van der Waals surface area contributed by atoms with Crippen LogP contribution in [0.4, 0.5) is 0 Å². The van der Waals surface area contributed by atoms with E-state index < -0.39 is 0 Å². The lowest BCUT2D eigenvalue weighted by atomic mass is 10.1. The number of cyclic esters (lactones) is 1. The van der Waals surface area contributed by atoms with Crippen molar-refractivity contribution in [1.29, 1.82) is 0 Å². The standard InChI is InChI=1S/C16H11BrO2/c1-10-5-4-6-11(9-10)14(17)15-12-7-2-3-8-13(12)16(18)19-15/h2-9H,1H3/b15-14-. The van der Waals surface area contributed by atoms with Gasteiger partial charge >= 0.3 is 5.97 Å². The van der Waals surface area contributed by atoms with Crippen LogP contribution in [-0.4, -0.2) is 5.97 Å². The van der Waals surface area contributed by atoms with E-state index in [1.54, 1.807) is 6.07 Å². The first-order chi connectivity index (χ1) is 9.16. The summed E-state index contributed by atoms with van der Waals surface area (Å²) in [5.74, 6) is 0.293. The third-order valence-electron chi connectivity index (χ3n) is 3.06. The number of halogens is 1. The summed E-state index contributed by atoms with van der Waals surface area (Å²) in [5, 5.41) is 0. The van der Waals surface area contributed by atoms with E-state index in [1.165, 1.54) is 0 Å².